The van der Waals surface area contributed by atoms with Gasteiger partial charge in [-0.2, -0.15) is 13.2 Å². The summed E-state index contributed by atoms with van der Waals surface area (Å²) in [5.41, 5.74) is -1.33. The number of hydrogen-bond donors (Lipinski definition) is 1. The first-order valence-electron chi connectivity index (χ1n) is 6.09. The lowest BCUT2D eigenvalue weighted by atomic mass is 10.1. The molecule has 0 bridgehead atoms. The lowest BCUT2D eigenvalue weighted by molar-refractivity contribution is -0.138. The lowest BCUT2D eigenvalue weighted by Gasteiger charge is -2.13. The number of nitrogens with one attached hydrogen (secondary N) is 1. The molecule has 1 aromatic carbocycles. The first-order chi connectivity index (χ1) is 9.36. The van der Waals surface area contributed by atoms with Crippen LogP contribution in [0.4, 0.5) is 13.2 Å². The Kier molecular flexibility index (Phi) is 6.48. The van der Waals surface area contributed by atoms with Crippen molar-refractivity contribution >= 4 is 21.8 Å². The number of rotatable bonds is 6. The van der Waals surface area contributed by atoms with Gasteiger partial charge in [-0.05, 0) is 31.5 Å². The summed E-state index contributed by atoms with van der Waals surface area (Å²) in [6.45, 7) is 3.14. The van der Waals surface area contributed by atoms with Crippen molar-refractivity contribution in [2.24, 2.45) is 0 Å². The second-order valence-electron chi connectivity index (χ2n) is 3.99. The summed E-state index contributed by atoms with van der Waals surface area (Å²) in [6.07, 6.45) is -4.01. The fourth-order valence-electron chi connectivity index (χ4n) is 1.56. The Balaban J connectivity index is 2.73. The summed E-state index contributed by atoms with van der Waals surface area (Å²) < 4.78 is 43.9. The van der Waals surface area contributed by atoms with Crippen LogP contribution in [0.25, 0.3) is 0 Å². The Morgan fingerprint density at radius 2 is 2.10 bits per heavy atom. The minimum Gasteiger partial charge on any atom is -0.382 e. The maximum atomic E-state index is 12.9. The van der Waals surface area contributed by atoms with Crippen LogP contribution in [-0.2, 0) is 10.9 Å². The maximum Gasteiger partial charge on any atom is 0.417 e. The number of hydrogen-bond acceptors (Lipinski definition) is 2. The van der Waals surface area contributed by atoms with Crippen LogP contribution < -0.4 is 5.32 Å². The molecule has 1 aromatic rings. The molecule has 0 aliphatic carbocycles. The molecule has 0 spiro atoms. The zero-order valence-corrected chi connectivity index (χ0v) is 12.5. The van der Waals surface area contributed by atoms with Gasteiger partial charge in [0.2, 0.25) is 0 Å². The molecule has 0 aliphatic rings. The van der Waals surface area contributed by atoms with E-state index in [1.54, 1.807) is 0 Å². The van der Waals surface area contributed by atoms with Crippen LogP contribution in [0.3, 0.4) is 0 Å². The van der Waals surface area contributed by atoms with Gasteiger partial charge in [0.05, 0.1) is 11.1 Å². The SMILES string of the molecule is CCOCCCNC(=O)c1ccc(Br)cc1C(F)(F)F. The predicted molar refractivity (Wildman–Crippen MR) is 72.6 cm³/mol. The molecular weight excluding hydrogens is 339 g/mol. The van der Waals surface area contributed by atoms with Crippen LogP contribution in [0.1, 0.15) is 29.3 Å². The number of alkyl halides is 3. The number of halogens is 4. The standard InChI is InChI=1S/C13H15BrF3NO2/c1-2-20-7-3-6-18-12(19)10-5-4-9(14)8-11(10)13(15,16)17/h4-5,8H,2-3,6-7H2,1H3,(H,18,19). The van der Waals surface area contributed by atoms with E-state index in [0.29, 0.717) is 19.6 Å². The summed E-state index contributed by atoms with van der Waals surface area (Å²) in [4.78, 5) is 11.8. The van der Waals surface area contributed by atoms with Crippen LogP contribution in [0.15, 0.2) is 22.7 Å². The molecule has 0 saturated heterocycles. The maximum absolute atomic E-state index is 12.9. The van der Waals surface area contributed by atoms with Gasteiger partial charge >= 0.3 is 6.18 Å². The molecule has 0 unspecified atom stereocenters. The molecule has 0 aromatic heterocycles. The quantitative estimate of drug-likeness (QED) is 0.793. The largest absolute Gasteiger partial charge is 0.417 e. The van der Waals surface area contributed by atoms with Gasteiger partial charge in [0.15, 0.2) is 0 Å². The van der Waals surface area contributed by atoms with Crippen LogP contribution in [0.5, 0.6) is 0 Å². The van der Waals surface area contributed by atoms with Crippen molar-refractivity contribution in [1.82, 2.24) is 5.32 Å². The topological polar surface area (TPSA) is 38.3 Å². The molecule has 0 atom stereocenters. The van der Waals surface area contributed by atoms with Crippen molar-refractivity contribution < 1.29 is 22.7 Å². The highest BCUT2D eigenvalue weighted by atomic mass is 79.9. The van der Waals surface area contributed by atoms with E-state index in [2.05, 4.69) is 21.2 Å². The summed E-state index contributed by atoms with van der Waals surface area (Å²) in [7, 11) is 0. The van der Waals surface area contributed by atoms with E-state index < -0.39 is 17.6 Å². The Morgan fingerprint density at radius 3 is 2.70 bits per heavy atom. The van der Waals surface area contributed by atoms with Crippen LogP contribution in [0.2, 0.25) is 0 Å². The van der Waals surface area contributed by atoms with Crippen LogP contribution >= 0.6 is 15.9 Å². The zero-order chi connectivity index (χ0) is 15.2. The van der Waals surface area contributed by atoms with Crippen molar-refractivity contribution in [3.8, 4) is 0 Å². The second kappa shape index (κ2) is 7.64. The van der Waals surface area contributed by atoms with Gasteiger partial charge in [0.1, 0.15) is 0 Å². The first-order valence-corrected chi connectivity index (χ1v) is 6.88. The molecule has 0 heterocycles. The molecular formula is C13H15BrF3NO2. The number of ether oxygens (including phenoxy) is 1. The number of carbonyl (C=O) groups is 1. The molecule has 0 fully saturated rings. The monoisotopic (exact) mass is 353 g/mol. The van der Waals surface area contributed by atoms with Gasteiger partial charge in [-0.3, -0.25) is 4.79 Å². The molecule has 1 rings (SSSR count). The van der Waals surface area contributed by atoms with E-state index in [4.69, 9.17) is 4.74 Å². The van der Waals surface area contributed by atoms with E-state index in [1.807, 2.05) is 6.92 Å². The Bertz CT molecular complexity index is 463. The summed E-state index contributed by atoms with van der Waals surface area (Å²) in [5, 5.41) is 2.46. The van der Waals surface area contributed by atoms with Crippen molar-refractivity contribution in [3.63, 3.8) is 0 Å². The first kappa shape index (κ1) is 17.0. The molecule has 3 nitrogen and oxygen atoms in total. The molecule has 0 saturated carbocycles. The third-order valence-electron chi connectivity index (χ3n) is 2.49. The van der Waals surface area contributed by atoms with Crippen molar-refractivity contribution in [2.75, 3.05) is 19.8 Å². The third kappa shape index (κ3) is 5.13. The minimum atomic E-state index is -4.57. The molecule has 0 radical (unpaired) electrons. The van der Waals surface area contributed by atoms with Crippen molar-refractivity contribution in [1.29, 1.82) is 0 Å². The fraction of sp³-hybridized carbons (Fsp3) is 0.462. The molecule has 112 valence electrons. The van der Waals surface area contributed by atoms with Crippen molar-refractivity contribution in [2.45, 2.75) is 19.5 Å². The minimum absolute atomic E-state index is 0.270. The summed E-state index contributed by atoms with van der Waals surface area (Å²) >= 11 is 2.97. The number of benzene rings is 1. The number of amides is 1. The van der Waals surface area contributed by atoms with Gasteiger partial charge in [-0.1, -0.05) is 15.9 Å². The van der Waals surface area contributed by atoms with Gasteiger partial charge in [0.25, 0.3) is 5.91 Å². The highest BCUT2D eigenvalue weighted by molar-refractivity contribution is 9.10. The molecule has 0 aliphatic heterocycles. The van der Waals surface area contributed by atoms with E-state index in [0.717, 1.165) is 12.1 Å². The van der Waals surface area contributed by atoms with Crippen LogP contribution in [-0.4, -0.2) is 25.7 Å². The molecule has 20 heavy (non-hydrogen) atoms. The van der Waals surface area contributed by atoms with Crippen molar-refractivity contribution in [3.05, 3.63) is 33.8 Å². The summed E-state index contributed by atoms with van der Waals surface area (Å²) in [6, 6.07) is 3.46. The van der Waals surface area contributed by atoms with E-state index in [9.17, 15) is 18.0 Å². The fourth-order valence-corrected chi connectivity index (χ4v) is 1.93. The highest BCUT2D eigenvalue weighted by Gasteiger charge is 2.35. The van der Waals surface area contributed by atoms with E-state index in [1.165, 1.54) is 6.07 Å². The molecule has 1 N–H and O–H groups in total. The normalized spacial score (nSPS) is 11.4. The smallest absolute Gasteiger partial charge is 0.382 e. The average Bonchev–Trinajstić information content (AvgIpc) is 2.37. The third-order valence-corrected chi connectivity index (χ3v) is 2.98. The predicted octanol–water partition coefficient (Wildman–Crippen LogP) is 3.62. The van der Waals surface area contributed by atoms with Gasteiger partial charge in [-0.15, -0.1) is 0 Å². The number of carbonyl (C=O) groups excluding carboxylic acids is 1. The zero-order valence-electron chi connectivity index (χ0n) is 10.9. The highest BCUT2D eigenvalue weighted by Crippen LogP contribution is 2.33. The van der Waals surface area contributed by atoms with Crippen LogP contribution in [0, 0.1) is 0 Å². The molecule has 1 amide bonds. The van der Waals surface area contributed by atoms with Gasteiger partial charge in [-0.25, -0.2) is 0 Å². The van der Waals surface area contributed by atoms with Gasteiger partial charge in [0, 0.05) is 24.2 Å². The average molecular weight is 354 g/mol. The second-order valence-corrected chi connectivity index (χ2v) is 4.91. The molecule has 7 heteroatoms. The van der Waals surface area contributed by atoms with E-state index in [-0.39, 0.29) is 16.6 Å². The summed E-state index contributed by atoms with van der Waals surface area (Å²) in [5.74, 6) is -0.735. The van der Waals surface area contributed by atoms with E-state index >= 15 is 0 Å². The van der Waals surface area contributed by atoms with Gasteiger partial charge < -0.3 is 10.1 Å². The Hall–Kier alpha value is -1.08. The Labute approximate surface area is 123 Å². The Morgan fingerprint density at radius 1 is 1.40 bits per heavy atom. The lowest BCUT2D eigenvalue weighted by Crippen LogP contribution is -2.27.